The first-order chi connectivity index (χ1) is 11.6. The second-order valence-electron chi connectivity index (χ2n) is 6.21. The molecule has 3 heteroatoms. The number of hydrogen-bond donors (Lipinski definition) is 0. The van der Waals surface area contributed by atoms with Crippen LogP contribution >= 0.6 is 0 Å². The minimum Gasteiger partial charge on any atom is -0.456 e. The monoisotopic (exact) mass is 313 g/mol. The normalized spacial score (nSPS) is 11.1. The molecular formula is C21H17N2O+. The molecule has 2 heterocycles. The molecule has 116 valence electrons. The van der Waals surface area contributed by atoms with Crippen LogP contribution in [0.1, 0.15) is 11.1 Å². The molecule has 0 unspecified atom stereocenters. The lowest BCUT2D eigenvalue weighted by Gasteiger charge is -2.04. The van der Waals surface area contributed by atoms with Crippen LogP contribution in [0.5, 0.6) is 0 Å². The van der Waals surface area contributed by atoms with Gasteiger partial charge in [-0.2, -0.15) is 0 Å². The second-order valence-corrected chi connectivity index (χ2v) is 6.21. The quantitative estimate of drug-likeness (QED) is 0.347. The minimum absolute atomic E-state index is 0.678. The zero-order valence-corrected chi connectivity index (χ0v) is 13.9. The molecule has 0 bridgehead atoms. The molecule has 3 nitrogen and oxygen atoms in total. The molecule has 0 aliphatic carbocycles. The Balaban J connectivity index is 2.08. The Kier molecular flexibility index (Phi) is 3.14. The Morgan fingerprint density at radius 3 is 2.38 bits per heavy atom. The lowest BCUT2D eigenvalue weighted by Crippen LogP contribution is -2.30. The van der Waals surface area contributed by atoms with E-state index in [2.05, 4.69) is 34.5 Å². The summed E-state index contributed by atoms with van der Waals surface area (Å²) in [6.45, 7) is 11.4. The highest BCUT2D eigenvalue weighted by atomic mass is 16.3. The van der Waals surface area contributed by atoms with E-state index in [0.717, 1.165) is 33.2 Å². The van der Waals surface area contributed by atoms with Gasteiger partial charge in [0.25, 0.3) is 0 Å². The van der Waals surface area contributed by atoms with Gasteiger partial charge >= 0.3 is 0 Å². The van der Waals surface area contributed by atoms with Gasteiger partial charge in [0.05, 0.1) is 6.57 Å². The van der Waals surface area contributed by atoms with Gasteiger partial charge in [-0.25, -0.2) is 9.41 Å². The smallest absolute Gasteiger partial charge is 0.212 e. The van der Waals surface area contributed by atoms with Gasteiger partial charge in [0.15, 0.2) is 11.9 Å². The molecule has 0 atom stereocenters. The molecule has 2 aromatic carbocycles. The van der Waals surface area contributed by atoms with Gasteiger partial charge in [-0.05, 0) is 55.3 Å². The molecule has 4 rings (SSSR count). The van der Waals surface area contributed by atoms with Crippen molar-refractivity contribution < 1.29 is 8.98 Å². The fourth-order valence-electron chi connectivity index (χ4n) is 3.26. The largest absolute Gasteiger partial charge is 0.456 e. The number of aryl methyl sites for hydroxylation is 3. The summed E-state index contributed by atoms with van der Waals surface area (Å²) in [7, 11) is 2.05. The average molecular weight is 313 g/mol. The van der Waals surface area contributed by atoms with E-state index in [1.165, 1.54) is 11.1 Å². The summed E-state index contributed by atoms with van der Waals surface area (Å²) in [5.41, 5.74) is 6.84. The van der Waals surface area contributed by atoms with Crippen molar-refractivity contribution in [2.24, 2.45) is 7.05 Å². The number of aromatic nitrogens is 1. The third kappa shape index (κ3) is 2.08. The zero-order chi connectivity index (χ0) is 16.8. The molecule has 0 saturated carbocycles. The summed E-state index contributed by atoms with van der Waals surface area (Å²) < 4.78 is 8.14. The van der Waals surface area contributed by atoms with E-state index in [-0.39, 0.29) is 0 Å². The van der Waals surface area contributed by atoms with Crippen molar-refractivity contribution in [1.82, 2.24) is 0 Å². The zero-order valence-electron chi connectivity index (χ0n) is 13.9. The summed E-state index contributed by atoms with van der Waals surface area (Å²) >= 11 is 0. The van der Waals surface area contributed by atoms with Crippen molar-refractivity contribution in [3.63, 3.8) is 0 Å². The van der Waals surface area contributed by atoms with Gasteiger partial charge < -0.3 is 4.42 Å². The standard InChI is InChI=1S/C21H17N2O/c1-13-9-20-16(11-15(13)19-7-5-6-8-23(19)4)17-12-18(22-3)14(2)10-21(17)24-20/h5-12H,1-2,4H3/q+1. The molecule has 4 aromatic rings. The molecule has 0 aliphatic heterocycles. The molecule has 0 fully saturated rings. The molecule has 2 aromatic heterocycles. The van der Waals surface area contributed by atoms with Crippen LogP contribution in [0.4, 0.5) is 5.69 Å². The fraction of sp³-hybridized carbons (Fsp3) is 0.143. The van der Waals surface area contributed by atoms with E-state index in [1.807, 2.05) is 44.4 Å². The number of fused-ring (bicyclic) bond motifs is 3. The Bertz CT molecular complexity index is 1150. The van der Waals surface area contributed by atoms with Gasteiger partial charge in [-0.15, -0.1) is 0 Å². The molecule has 0 saturated heterocycles. The van der Waals surface area contributed by atoms with Crippen molar-refractivity contribution in [2.45, 2.75) is 13.8 Å². The van der Waals surface area contributed by atoms with Crippen molar-refractivity contribution in [1.29, 1.82) is 0 Å². The summed E-state index contributed by atoms with van der Waals surface area (Å²) in [6.07, 6.45) is 2.05. The van der Waals surface area contributed by atoms with Gasteiger partial charge in [0.2, 0.25) is 5.69 Å². The van der Waals surface area contributed by atoms with E-state index in [9.17, 15) is 0 Å². The van der Waals surface area contributed by atoms with Crippen molar-refractivity contribution in [3.8, 4) is 11.3 Å². The lowest BCUT2D eigenvalue weighted by atomic mass is 10.0. The van der Waals surface area contributed by atoms with Crippen molar-refractivity contribution in [3.05, 3.63) is 71.2 Å². The van der Waals surface area contributed by atoms with E-state index < -0.39 is 0 Å². The first-order valence-electron chi connectivity index (χ1n) is 7.88. The number of nitrogens with zero attached hydrogens (tertiary/aromatic N) is 2. The maximum Gasteiger partial charge on any atom is 0.212 e. The van der Waals surface area contributed by atoms with Crippen LogP contribution in [0, 0.1) is 20.4 Å². The number of furan rings is 1. The second kappa shape index (κ2) is 5.21. The Labute approximate surface area is 140 Å². The third-order valence-corrected chi connectivity index (χ3v) is 4.59. The Morgan fingerprint density at radius 2 is 1.67 bits per heavy atom. The lowest BCUT2D eigenvalue weighted by molar-refractivity contribution is -0.660. The molecule has 0 N–H and O–H groups in total. The average Bonchev–Trinajstić information content (AvgIpc) is 2.89. The van der Waals surface area contributed by atoms with Crippen LogP contribution in [-0.4, -0.2) is 0 Å². The Hall–Kier alpha value is -3.12. The highest BCUT2D eigenvalue weighted by Gasteiger charge is 2.16. The molecule has 0 spiro atoms. The molecule has 0 radical (unpaired) electrons. The summed E-state index contributed by atoms with van der Waals surface area (Å²) in [4.78, 5) is 3.62. The predicted molar refractivity (Wildman–Crippen MR) is 96.1 cm³/mol. The topological polar surface area (TPSA) is 21.4 Å². The fourth-order valence-corrected chi connectivity index (χ4v) is 3.26. The third-order valence-electron chi connectivity index (χ3n) is 4.59. The van der Waals surface area contributed by atoms with E-state index in [1.54, 1.807) is 0 Å². The van der Waals surface area contributed by atoms with E-state index >= 15 is 0 Å². The van der Waals surface area contributed by atoms with Gasteiger partial charge in [-0.3, -0.25) is 0 Å². The summed E-state index contributed by atoms with van der Waals surface area (Å²) in [5, 5.41) is 2.06. The molecule has 0 aliphatic rings. The van der Waals surface area contributed by atoms with Crippen LogP contribution in [0.3, 0.4) is 0 Å². The van der Waals surface area contributed by atoms with Gasteiger partial charge in [0, 0.05) is 28.5 Å². The van der Waals surface area contributed by atoms with E-state index in [0.29, 0.717) is 5.69 Å². The van der Waals surface area contributed by atoms with Crippen LogP contribution in [0.2, 0.25) is 0 Å². The summed E-state index contributed by atoms with van der Waals surface area (Å²) in [6, 6.07) is 14.3. The molecule has 0 amide bonds. The highest BCUT2D eigenvalue weighted by molar-refractivity contribution is 6.08. The van der Waals surface area contributed by atoms with E-state index in [4.69, 9.17) is 11.0 Å². The van der Waals surface area contributed by atoms with Crippen LogP contribution in [0.25, 0.3) is 38.0 Å². The first-order valence-corrected chi connectivity index (χ1v) is 7.88. The number of pyridine rings is 1. The minimum atomic E-state index is 0.678. The van der Waals surface area contributed by atoms with Crippen LogP contribution in [-0.2, 0) is 7.05 Å². The molecule has 24 heavy (non-hydrogen) atoms. The SMILES string of the molecule is [C-]#[N+]c1cc2c(cc1C)oc1cc(C)c(-c3cccc[n+]3C)cc12. The van der Waals surface area contributed by atoms with Gasteiger partial charge in [-0.1, -0.05) is 0 Å². The van der Waals surface area contributed by atoms with Crippen molar-refractivity contribution in [2.75, 3.05) is 0 Å². The molecular weight excluding hydrogens is 296 g/mol. The van der Waals surface area contributed by atoms with Gasteiger partial charge in [0.1, 0.15) is 18.2 Å². The Morgan fingerprint density at radius 1 is 0.958 bits per heavy atom. The number of hydrogen-bond acceptors (Lipinski definition) is 1. The number of rotatable bonds is 1. The van der Waals surface area contributed by atoms with Crippen molar-refractivity contribution >= 4 is 27.6 Å². The highest BCUT2D eigenvalue weighted by Crippen LogP contribution is 2.36. The maximum atomic E-state index is 7.35. The predicted octanol–water partition coefficient (Wildman–Crippen LogP) is 5.25. The van der Waals surface area contributed by atoms with Crippen LogP contribution < -0.4 is 4.57 Å². The van der Waals surface area contributed by atoms with Crippen LogP contribution in [0.15, 0.2) is 53.1 Å². The number of benzene rings is 2. The summed E-state index contributed by atoms with van der Waals surface area (Å²) in [5.74, 6) is 0. The first kappa shape index (κ1) is 14.5. The maximum absolute atomic E-state index is 7.35.